The standard InChI is InChI=1S/C18H11N5O2/c24-18(25)11-1-3-12-13(8-11)22-17(21-12)10-2-4-15-14(7-10)20-9-16-19-5-6-23(15)16/h1-9H,(H,21,22)(H,24,25). The maximum absolute atomic E-state index is 11.1. The minimum atomic E-state index is -0.961. The summed E-state index contributed by atoms with van der Waals surface area (Å²) in [5, 5.41) is 9.11. The van der Waals surface area contributed by atoms with Gasteiger partial charge in [-0.2, -0.15) is 0 Å². The van der Waals surface area contributed by atoms with Gasteiger partial charge in [0.25, 0.3) is 0 Å². The van der Waals surface area contributed by atoms with Gasteiger partial charge in [0, 0.05) is 18.0 Å². The fraction of sp³-hybridized carbons (Fsp3) is 0. The molecule has 120 valence electrons. The molecule has 0 aliphatic rings. The average Bonchev–Trinajstić information content (AvgIpc) is 3.27. The Morgan fingerprint density at radius 3 is 2.88 bits per heavy atom. The molecule has 3 aromatic heterocycles. The van der Waals surface area contributed by atoms with Crippen LogP contribution < -0.4 is 0 Å². The monoisotopic (exact) mass is 329 g/mol. The lowest BCUT2D eigenvalue weighted by Gasteiger charge is -2.03. The van der Waals surface area contributed by atoms with Crippen LogP contribution in [-0.4, -0.2) is 35.4 Å². The first kappa shape index (κ1) is 13.7. The number of fused-ring (bicyclic) bond motifs is 4. The number of nitrogens with one attached hydrogen (secondary N) is 1. The van der Waals surface area contributed by atoms with E-state index in [0.29, 0.717) is 11.3 Å². The summed E-state index contributed by atoms with van der Waals surface area (Å²) >= 11 is 0. The number of imidazole rings is 2. The van der Waals surface area contributed by atoms with Crippen LogP contribution >= 0.6 is 0 Å². The molecule has 7 heteroatoms. The summed E-state index contributed by atoms with van der Waals surface area (Å²) in [6, 6.07) is 10.7. The molecule has 0 aliphatic carbocycles. The SMILES string of the molecule is O=C(O)c1ccc2nc(-c3ccc4c(c3)ncc3nccn34)[nH]c2c1. The van der Waals surface area contributed by atoms with Crippen molar-refractivity contribution < 1.29 is 9.90 Å². The highest BCUT2D eigenvalue weighted by molar-refractivity contribution is 5.93. The van der Waals surface area contributed by atoms with Crippen molar-refractivity contribution in [2.45, 2.75) is 0 Å². The first-order chi connectivity index (χ1) is 12.2. The number of H-pyrrole nitrogens is 1. The second-order valence-corrected chi connectivity index (χ2v) is 5.74. The highest BCUT2D eigenvalue weighted by atomic mass is 16.4. The molecule has 0 saturated carbocycles. The molecule has 5 rings (SSSR count). The lowest BCUT2D eigenvalue weighted by atomic mass is 10.2. The molecule has 3 heterocycles. The van der Waals surface area contributed by atoms with Crippen LogP contribution in [0.3, 0.4) is 0 Å². The van der Waals surface area contributed by atoms with E-state index in [9.17, 15) is 4.79 Å². The molecule has 0 fully saturated rings. The number of carbonyl (C=O) groups is 1. The predicted molar refractivity (Wildman–Crippen MR) is 92.5 cm³/mol. The van der Waals surface area contributed by atoms with Crippen LogP contribution in [0.2, 0.25) is 0 Å². The van der Waals surface area contributed by atoms with Gasteiger partial charge in [0.1, 0.15) is 5.82 Å². The summed E-state index contributed by atoms with van der Waals surface area (Å²) in [7, 11) is 0. The number of hydrogen-bond donors (Lipinski definition) is 2. The van der Waals surface area contributed by atoms with Gasteiger partial charge in [-0.3, -0.25) is 9.38 Å². The molecule has 0 atom stereocenters. The van der Waals surface area contributed by atoms with Crippen LogP contribution in [0.5, 0.6) is 0 Å². The van der Waals surface area contributed by atoms with E-state index in [1.807, 2.05) is 28.8 Å². The molecule has 2 aromatic carbocycles. The van der Waals surface area contributed by atoms with Gasteiger partial charge in [-0.15, -0.1) is 0 Å². The van der Waals surface area contributed by atoms with Gasteiger partial charge in [0.05, 0.1) is 33.8 Å². The maximum atomic E-state index is 11.1. The Labute approximate surface area is 140 Å². The van der Waals surface area contributed by atoms with Gasteiger partial charge >= 0.3 is 5.97 Å². The second-order valence-electron chi connectivity index (χ2n) is 5.74. The van der Waals surface area contributed by atoms with Gasteiger partial charge in [-0.25, -0.2) is 14.8 Å². The van der Waals surface area contributed by atoms with Crippen LogP contribution in [0, 0.1) is 0 Å². The number of benzene rings is 2. The van der Waals surface area contributed by atoms with E-state index in [-0.39, 0.29) is 5.56 Å². The Morgan fingerprint density at radius 2 is 2.00 bits per heavy atom. The summed E-state index contributed by atoms with van der Waals surface area (Å²) in [6.45, 7) is 0. The third kappa shape index (κ3) is 2.06. The van der Waals surface area contributed by atoms with Crippen LogP contribution in [0.15, 0.2) is 55.0 Å². The van der Waals surface area contributed by atoms with Gasteiger partial charge in [-0.05, 0) is 36.4 Å². The normalized spacial score (nSPS) is 11.5. The van der Waals surface area contributed by atoms with E-state index in [4.69, 9.17) is 5.11 Å². The van der Waals surface area contributed by atoms with Crippen molar-refractivity contribution in [1.29, 1.82) is 0 Å². The van der Waals surface area contributed by atoms with E-state index in [0.717, 1.165) is 27.8 Å². The lowest BCUT2D eigenvalue weighted by molar-refractivity contribution is 0.0697. The molecule has 25 heavy (non-hydrogen) atoms. The maximum Gasteiger partial charge on any atom is 0.335 e. The van der Waals surface area contributed by atoms with E-state index in [2.05, 4.69) is 19.9 Å². The van der Waals surface area contributed by atoms with Gasteiger partial charge in [-0.1, -0.05) is 0 Å². The first-order valence-corrected chi connectivity index (χ1v) is 7.64. The average molecular weight is 329 g/mol. The van der Waals surface area contributed by atoms with Crippen LogP contribution in [0.25, 0.3) is 39.1 Å². The zero-order chi connectivity index (χ0) is 17.0. The smallest absolute Gasteiger partial charge is 0.335 e. The molecule has 5 aromatic rings. The van der Waals surface area contributed by atoms with Crippen molar-refractivity contribution in [3.8, 4) is 11.4 Å². The van der Waals surface area contributed by atoms with Crippen LogP contribution in [0.4, 0.5) is 0 Å². The number of carboxylic acid groups (broad SMARTS) is 1. The van der Waals surface area contributed by atoms with Crippen molar-refractivity contribution in [3.05, 3.63) is 60.6 Å². The first-order valence-electron chi connectivity index (χ1n) is 7.64. The van der Waals surface area contributed by atoms with E-state index < -0.39 is 5.97 Å². The molecule has 7 nitrogen and oxygen atoms in total. The number of rotatable bonds is 2. The van der Waals surface area contributed by atoms with Crippen molar-refractivity contribution in [3.63, 3.8) is 0 Å². The summed E-state index contributed by atoms with van der Waals surface area (Å²) in [5.41, 5.74) is 5.10. The topological polar surface area (TPSA) is 96.2 Å². The minimum absolute atomic E-state index is 0.227. The van der Waals surface area contributed by atoms with E-state index in [1.54, 1.807) is 30.6 Å². The number of aromatic carboxylic acids is 1. The fourth-order valence-electron chi connectivity index (χ4n) is 3.00. The van der Waals surface area contributed by atoms with E-state index >= 15 is 0 Å². The number of nitrogens with zero attached hydrogens (tertiary/aromatic N) is 4. The molecule has 2 N–H and O–H groups in total. The molecule has 0 unspecified atom stereocenters. The highest BCUT2D eigenvalue weighted by Crippen LogP contribution is 2.24. The summed E-state index contributed by atoms with van der Waals surface area (Å²) in [6.07, 6.45) is 5.36. The molecular formula is C18H11N5O2. The van der Waals surface area contributed by atoms with Gasteiger partial charge in [0.2, 0.25) is 0 Å². The van der Waals surface area contributed by atoms with Crippen LogP contribution in [-0.2, 0) is 0 Å². The zero-order valence-electron chi connectivity index (χ0n) is 12.8. The second kappa shape index (κ2) is 4.88. The zero-order valence-corrected chi connectivity index (χ0v) is 12.8. The van der Waals surface area contributed by atoms with Crippen molar-refractivity contribution >= 4 is 33.7 Å². The molecule has 0 amide bonds. The minimum Gasteiger partial charge on any atom is -0.478 e. The van der Waals surface area contributed by atoms with Gasteiger partial charge in [0.15, 0.2) is 5.65 Å². The summed E-state index contributed by atoms with van der Waals surface area (Å²) in [5.74, 6) is -0.288. The Morgan fingerprint density at radius 1 is 1.08 bits per heavy atom. The number of aromatic nitrogens is 5. The van der Waals surface area contributed by atoms with Crippen molar-refractivity contribution in [1.82, 2.24) is 24.3 Å². The Hall–Kier alpha value is -3.74. The molecule has 0 spiro atoms. The van der Waals surface area contributed by atoms with E-state index in [1.165, 1.54) is 0 Å². The van der Waals surface area contributed by atoms with Crippen molar-refractivity contribution in [2.75, 3.05) is 0 Å². The Bertz CT molecular complexity index is 1280. The third-order valence-electron chi connectivity index (χ3n) is 4.23. The number of carboxylic acids is 1. The predicted octanol–water partition coefficient (Wildman–Crippen LogP) is 3.12. The summed E-state index contributed by atoms with van der Waals surface area (Å²) < 4.78 is 1.98. The molecule has 0 saturated heterocycles. The Kier molecular flexibility index (Phi) is 2.67. The number of hydrogen-bond acceptors (Lipinski definition) is 4. The Balaban J connectivity index is 1.68. The molecule has 0 bridgehead atoms. The van der Waals surface area contributed by atoms with Crippen molar-refractivity contribution in [2.24, 2.45) is 0 Å². The molecular weight excluding hydrogens is 318 g/mol. The quantitative estimate of drug-likeness (QED) is 0.519. The number of aromatic amines is 1. The lowest BCUT2D eigenvalue weighted by Crippen LogP contribution is -1.94. The van der Waals surface area contributed by atoms with Crippen LogP contribution in [0.1, 0.15) is 10.4 Å². The van der Waals surface area contributed by atoms with Gasteiger partial charge < -0.3 is 10.1 Å². The fourth-order valence-corrected chi connectivity index (χ4v) is 3.00. The third-order valence-corrected chi connectivity index (χ3v) is 4.23. The molecule has 0 aliphatic heterocycles. The largest absolute Gasteiger partial charge is 0.478 e. The summed E-state index contributed by atoms with van der Waals surface area (Å²) in [4.78, 5) is 27.5. The molecule has 0 radical (unpaired) electrons. The highest BCUT2D eigenvalue weighted by Gasteiger charge is 2.10.